The van der Waals surface area contributed by atoms with Crippen molar-refractivity contribution in [2.75, 3.05) is 25.1 Å². The minimum absolute atomic E-state index is 0.0455. The van der Waals surface area contributed by atoms with Crippen LogP contribution >= 0.6 is 0 Å². The van der Waals surface area contributed by atoms with Gasteiger partial charge in [0, 0.05) is 18.7 Å². The molecule has 35 heavy (non-hydrogen) atoms. The van der Waals surface area contributed by atoms with Gasteiger partial charge in [-0.15, -0.1) is 5.92 Å². The van der Waals surface area contributed by atoms with Crippen molar-refractivity contribution in [1.29, 1.82) is 5.26 Å². The Balaban J connectivity index is 1.83. The van der Waals surface area contributed by atoms with Gasteiger partial charge >= 0.3 is 0 Å². The van der Waals surface area contributed by atoms with E-state index < -0.39 is 5.56 Å². The second kappa shape index (κ2) is 10.3. The highest BCUT2D eigenvalue weighted by atomic mass is 16.5. The van der Waals surface area contributed by atoms with Crippen molar-refractivity contribution in [3.63, 3.8) is 0 Å². The standard InChI is InChI=1S/C26H26N6O3/c1-4-5-12-32-24-23(21(14-27)25(32)30-11-7-9-19(15-30)28-2)29-17-31(26(24)34)16-22(33)18-8-6-10-20(13-18)35-3/h6,8,10,13,17,19H,2,7,9,11-12,15-16H2,1,3H3/t19-/m1/s1. The van der Waals surface area contributed by atoms with Crippen molar-refractivity contribution in [2.24, 2.45) is 4.99 Å². The molecule has 0 saturated carbocycles. The molecule has 0 unspecified atom stereocenters. The van der Waals surface area contributed by atoms with Gasteiger partial charge in [-0.2, -0.15) is 5.26 Å². The Morgan fingerprint density at radius 3 is 2.94 bits per heavy atom. The first-order valence-electron chi connectivity index (χ1n) is 11.3. The van der Waals surface area contributed by atoms with Gasteiger partial charge in [-0.1, -0.05) is 18.1 Å². The van der Waals surface area contributed by atoms with Crippen LogP contribution in [-0.2, 0) is 13.1 Å². The molecule has 0 N–H and O–H groups in total. The Morgan fingerprint density at radius 1 is 1.40 bits per heavy atom. The van der Waals surface area contributed by atoms with Crippen molar-refractivity contribution >= 4 is 29.4 Å². The van der Waals surface area contributed by atoms with Crippen LogP contribution in [-0.4, -0.2) is 52.9 Å². The number of fused-ring (bicyclic) bond motifs is 1. The van der Waals surface area contributed by atoms with Crippen LogP contribution in [0.3, 0.4) is 0 Å². The van der Waals surface area contributed by atoms with Crippen LogP contribution in [0.4, 0.5) is 5.82 Å². The minimum atomic E-state index is -0.401. The molecule has 2 aromatic heterocycles. The third-order valence-corrected chi connectivity index (χ3v) is 6.19. The van der Waals surface area contributed by atoms with Crippen molar-refractivity contribution in [3.05, 3.63) is 52.1 Å². The normalized spacial score (nSPS) is 15.2. The van der Waals surface area contributed by atoms with E-state index in [0.717, 1.165) is 19.4 Å². The lowest BCUT2D eigenvalue weighted by molar-refractivity contribution is 0.0970. The highest BCUT2D eigenvalue weighted by molar-refractivity contribution is 5.96. The molecule has 4 rings (SSSR count). The Labute approximate surface area is 203 Å². The molecular weight excluding hydrogens is 444 g/mol. The number of carbonyl (C=O) groups is 1. The Hall–Kier alpha value is -4.37. The van der Waals surface area contributed by atoms with Gasteiger partial charge in [0.2, 0.25) is 0 Å². The van der Waals surface area contributed by atoms with Crippen LogP contribution in [0, 0.1) is 23.2 Å². The van der Waals surface area contributed by atoms with Crippen molar-refractivity contribution in [3.8, 4) is 23.7 Å². The average Bonchev–Trinajstić information content (AvgIpc) is 3.22. The number of ketones is 1. The molecule has 1 aliphatic rings. The largest absolute Gasteiger partial charge is 0.497 e. The molecule has 1 aromatic carbocycles. The Morgan fingerprint density at radius 2 is 2.23 bits per heavy atom. The lowest BCUT2D eigenvalue weighted by atomic mass is 10.1. The van der Waals surface area contributed by atoms with E-state index in [-0.39, 0.29) is 30.4 Å². The number of nitriles is 1. The summed E-state index contributed by atoms with van der Waals surface area (Å²) in [7, 11) is 1.53. The quantitative estimate of drug-likeness (QED) is 0.299. The third kappa shape index (κ3) is 4.53. The first-order chi connectivity index (χ1) is 17.0. The number of aromatic nitrogens is 3. The summed E-state index contributed by atoms with van der Waals surface area (Å²) in [5.41, 5.74) is 0.921. The Bertz CT molecular complexity index is 1450. The van der Waals surface area contributed by atoms with Gasteiger partial charge in [-0.05, 0) is 38.6 Å². The lowest BCUT2D eigenvalue weighted by Gasteiger charge is -2.33. The highest BCUT2D eigenvalue weighted by Gasteiger charge is 2.29. The van der Waals surface area contributed by atoms with Crippen molar-refractivity contribution in [2.45, 2.75) is 38.9 Å². The number of hydrogen-bond acceptors (Lipinski definition) is 7. The van der Waals surface area contributed by atoms with Gasteiger partial charge in [0.05, 0.1) is 32.6 Å². The van der Waals surface area contributed by atoms with E-state index in [0.29, 0.717) is 34.8 Å². The molecule has 0 aliphatic carbocycles. The van der Waals surface area contributed by atoms with Gasteiger partial charge in [0.25, 0.3) is 5.56 Å². The van der Waals surface area contributed by atoms with Crippen LogP contribution in [0.15, 0.2) is 40.4 Å². The number of benzene rings is 1. The van der Waals surface area contributed by atoms with E-state index >= 15 is 0 Å². The number of nitrogens with zero attached hydrogens (tertiary/aromatic N) is 6. The van der Waals surface area contributed by atoms with Gasteiger partial charge in [-0.3, -0.25) is 19.1 Å². The molecule has 0 bridgehead atoms. The molecule has 3 aromatic rings. The molecule has 9 heteroatoms. The summed E-state index contributed by atoms with van der Waals surface area (Å²) in [6, 6.07) is 9.06. The Kier molecular flexibility index (Phi) is 6.98. The number of piperidine rings is 1. The topological polar surface area (TPSA) is 106 Å². The van der Waals surface area contributed by atoms with Crippen LogP contribution in [0.1, 0.15) is 35.7 Å². The second-order valence-electron chi connectivity index (χ2n) is 8.28. The number of Topliss-reactive ketones (excluding diaryl/α,β-unsaturated/α-hetero) is 1. The maximum Gasteiger partial charge on any atom is 0.278 e. The molecule has 9 nitrogen and oxygen atoms in total. The molecule has 1 fully saturated rings. The fourth-order valence-corrected chi connectivity index (χ4v) is 4.45. The molecule has 0 spiro atoms. The predicted octanol–water partition coefficient (Wildman–Crippen LogP) is 2.65. The zero-order valence-electron chi connectivity index (χ0n) is 19.8. The van der Waals surface area contributed by atoms with Crippen molar-refractivity contribution in [1.82, 2.24) is 14.1 Å². The fourth-order valence-electron chi connectivity index (χ4n) is 4.45. The van der Waals surface area contributed by atoms with E-state index in [1.165, 1.54) is 18.0 Å². The third-order valence-electron chi connectivity index (χ3n) is 6.19. The van der Waals surface area contributed by atoms with E-state index in [9.17, 15) is 14.9 Å². The first-order valence-corrected chi connectivity index (χ1v) is 11.3. The summed E-state index contributed by atoms with van der Waals surface area (Å²) >= 11 is 0. The van der Waals surface area contributed by atoms with Gasteiger partial charge in [0.15, 0.2) is 5.78 Å². The summed E-state index contributed by atoms with van der Waals surface area (Å²) in [6.45, 7) is 6.75. The molecule has 1 atom stereocenters. The van der Waals surface area contributed by atoms with Crippen LogP contribution < -0.4 is 15.2 Å². The number of methoxy groups -OCH3 is 1. The fraction of sp³-hybridized carbons (Fsp3) is 0.346. The van der Waals surface area contributed by atoms with E-state index in [1.54, 1.807) is 35.8 Å². The maximum atomic E-state index is 13.6. The van der Waals surface area contributed by atoms with E-state index in [1.807, 2.05) is 0 Å². The summed E-state index contributed by atoms with van der Waals surface area (Å²) in [5.74, 6) is 6.78. The predicted molar refractivity (Wildman–Crippen MR) is 134 cm³/mol. The van der Waals surface area contributed by atoms with Gasteiger partial charge < -0.3 is 14.2 Å². The smallest absolute Gasteiger partial charge is 0.278 e. The number of anilines is 1. The summed E-state index contributed by atoms with van der Waals surface area (Å²) in [4.78, 5) is 37.2. The molecule has 1 aliphatic heterocycles. The van der Waals surface area contributed by atoms with Crippen LogP contribution in [0.5, 0.6) is 5.75 Å². The number of aliphatic imine (C=N–C) groups is 1. The molecule has 3 heterocycles. The van der Waals surface area contributed by atoms with E-state index in [4.69, 9.17) is 4.74 Å². The average molecular weight is 471 g/mol. The summed E-state index contributed by atoms with van der Waals surface area (Å²) in [6.07, 6.45) is 3.14. The molecule has 0 amide bonds. The highest BCUT2D eigenvalue weighted by Crippen LogP contribution is 2.32. The maximum absolute atomic E-state index is 13.6. The number of ether oxygens (including phenoxy) is 1. The number of hydrogen-bond donors (Lipinski definition) is 0. The summed E-state index contributed by atoms with van der Waals surface area (Å²) in [5, 5.41) is 10.0. The number of carbonyl (C=O) groups excluding carboxylic acids is 1. The first kappa shape index (κ1) is 23.8. The van der Waals surface area contributed by atoms with Crippen LogP contribution in [0.25, 0.3) is 11.0 Å². The van der Waals surface area contributed by atoms with Crippen LogP contribution in [0.2, 0.25) is 0 Å². The molecular formula is C26H26N6O3. The molecule has 1 saturated heterocycles. The molecule has 178 valence electrons. The zero-order chi connectivity index (χ0) is 24.9. The SMILES string of the molecule is C=N[C@@H]1CCCN(c2c(C#N)c3ncn(CC(=O)c4cccc(OC)c4)c(=O)c3n2CC#CC)C1. The second-order valence-corrected chi connectivity index (χ2v) is 8.28. The minimum Gasteiger partial charge on any atom is -0.497 e. The van der Waals surface area contributed by atoms with Gasteiger partial charge in [0.1, 0.15) is 34.2 Å². The zero-order valence-corrected chi connectivity index (χ0v) is 19.8. The van der Waals surface area contributed by atoms with Crippen molar-refractivity contribution < 1.29 is 9.53 Å². The van der Waals surface area contributed by atoms with Gasteiger partial charge in [-0.25, -0.2) is 4.98 Å². The summed E-state index contributed by atoms with van der Waals surface area (Å²) < 4.78 is 8.22. The molecule has 0 radical (unpaired) electrons. The lowest BCUT2D eigenvalue weighted by Crippen LogP contribution is -2.39. The monoisotopic (exact) mass is 470 g/mol. The van der Waals surface area contributed by atoms with E-state index in [2.05, 4.69) is 39.5 Å². The number of rotatable bonds is 7.